The molecule has 0 aliphatic carbocycles. The number of nitrogens with zero attached hydrogens (tertiary/aromatic N) is 1. The summed E-state index contributed by atoms with van der Waals surface area (Å²) in [6.45, 7) is 2.88. The van der Waals surface area contributed by atoms with Gasteiger partial charge in [-0.15, -0.1) is 0 Å². The molecule has 90 valence electrons. The van der Waals surface area contributed by atoms with Gasteiger partial charge in [-0.05, 0) is 25.1 Å². The second-order valence-corrected chi connectivity index (χ2v) is 3.44. The summed E-state index contributed by atoms with van der Waals surface area (Å²) in [7, 11) is 0. The smallest absolute Gasteiger partial charge is 0.221 e. The Hall–Kier alpha value is -2.09. The molecule has 0 fully saturated rings. The van der Waals surface area contributed by atoms with Crippen LogP contribution in [0, 0.1) is 17.1 Å². The van der Waals surface area contributed by atoms with Crippen LogP contribution in [-0.2, 0) is 4.79 Å². The predicted molar refractivity (Wildman–Crippen MR) is 62.9 cm³/mol. The molecule has 1 rings (SSSR count). The van der Waals surface area contributed by atoms with Crippen LogP contribution in [0.5, 0.6) is 0 Å². The van der Waals surface area contributed by atoms with Gasteiger partial charge >= 0.3 is 0 Å². The van der Waals surface area contributed by atoms with E-state index in [1.165, 1.54) is 12.1 Å². The molecule has 0 radical (unpaired) electrons. The van der Waals surface area contributed by atoms with E-state index in [0.717, 1.165) is 0 Å². The van der Waals surface area contributed by atoms with Crippen molar-refractivity contribution >= 4 is 11.6 Å². The van der Waals surface area contributed by atoms with E-state index in [9.17, 15) is 9.18 Å². The predicted octanol–water partition coefficient (Wildman–Crippen LogP) is 1.64. The van der Waals surface area contributed by atoms with Gasteiger partial charge in [-0.1, -0.05) is 0 Å². The van der Waals surface area contributed by atoms with Gasteiger partial charge in [0.15, 0.2) is 0 Å². The van der Waals surface area contributed by atoms with E-state index >= 15 is 0 Å². The van der Waals surface area contributed by atoms with Gasteiger partial charge in [0.25, 0.3) is 0 Å². The Morgan fingerprint density at radius 3 is 2.88 bits per heavy atom. The zero-order chi connectivity index (χ0) is 12.7. The molecule has 2 N–H and O–H groups in total. The van der Waals surface area contributed by atoms with Gasteiger partial charge in [-0.25, -0.2) is 4.39 Å². The van der Waals surface area contributed by atoms with Crippen LogP contribution < -0.4 is 10.6 Å². The monoisotopic (exact) mass is 235 g/mol. The molecule has 0 unspecified atom stereocenters. The molecule has 1 aromatic carbocycles. The van der Waals surface area contributed by atoms with Crippen LogP contribution in [-0.4, -0.2) is 19.0 Å². The summed E-state index contributed by atoms with van der Waals surface area (Å²) in [6.07, 6.45) is 0.329. The first-order chi connectivity index (χ1) is 8.17. The molecule has 1 amide bonds. The lowest BCUT2D eigenvalue weighted by Crippen LogP contribution is -2.24. The van der Waals surface area contributed by atoms with Crippen molar-refractivity contribution in [3.8, 4) is 6.07 Å². The first kappa shape index (κ1) is 13.0. The Balaban J connectivity index is 2.45. The fraction of sp³-hybridized carbons (Fsp3) is 0.333. The molecule has 1 aromatic rings. The molecule has 0 aliphatic heterocycles. The van der Waals surface area contributed by atoms with Gasteiger partial charge in [-0.2, -0.15) is 5.26 Å². The highest BCUT2D eigenvalue weighted by atomic mass is 19.1. The van der Waals surface area contributed by atoms with Crippen LogP contribution >= 0.6 is 0 Å². The molecule has 5 heteroatoms. The van der Waals surface area contributed by atoms with Crippen molar-refractivity contribution in [2.24, 2.45) is 0 Å². The Morgan fingerprint density at radius 2 is 2.29 bits per heavy atom. The van der Waals surface area contributed by atoms with Gasteiger partial charge in [0.05, 0.1) is 5.56 Å². The molecule has 4 nitrogen and oxygen atoms in total. The Kier molecular flexibility index (Phi) is 4.95. The summed E-state index contributed by atoms with van der Waals surface area (Å²) < 4.78 is 13.2. The second kappa shape index (κ2) is 6.48. The zero-order valence-electron chi connectivity index (χ0n) is 9.59. The molecule has 0 spiro atoms. The highest BCUT2D eigenvalue weighted by Gasteiger charge is 2.03. The number of carbonyl (C=O) groups is 1. The maximum absolute atomic E-state index is 13.2. The number of rotatable bonds is 5. The van der Waals surface area contributed by atoms with Gasteiger partial charge in [0.1, 0.15) is 11.9 Å². The van der Waals surface area contributed by atoms with Crippen LogP contribution in [0.2, 0.25) is 0 Å². The Morgan fingerprint density at radius 1 is 1.53 bits per heavy atom. The number of hydrogen-bond donors (Lipinski definition) is 2. The Labute approximate surface area is 99.4 Å². The van der Waals surface area contributed by atoms with Crippen molar-refractivity contribution in [2.75, 3.05) is 18.4 Å². The number of amides is 1. The first-order valence-corrected chi connectivity index (χ1v) is 5.37. The van der Waals surface area contributed by atoms with Gasteiger partial charge in [-0.3, -0.25) is 4.79 Å². The maximum atomic E-state index is 13.2. The molecule has 0 saturated carbocycles. The lowest BCUT2D eigenvalue weighted by atomic mass is 10.2. The minimum Gasteiger partial charge on any atom is -0.384 e. The topological polar surface area (TPSA) is 64.9 Å². The van der Waals surface area contributed by atoms with Crippen molar-refractivity contribution in [1.82, 2.24) is 5.32 Å². The van der Waals surface area contributed by atoms with Gasteiger partial charge < -0.3 is 10.6 Å². The number of hydrogen-bond acceptors (Lipinski definition) is 3. The average molecular weight is 235 g/mol. The number of carbonyl (C=O) groups excluding carboxylic acids is 1. The maximum Gasteiger partial charge on any atom is 0.221 e. The van der Waals surface area contributed by atoms with E-state index in [4.69, 9.17) is 5.26 Å². The van der Waals surface area contributed by atoms with E-state index in [-0.39, 0.29) is 11.5 Å². The minimum absolute atomic E-state index is 0.0132. The quantitative estimate of drug-likeness (QED) is 0.815. The molecule has 0 bridgehead atoms. The van der Waals surface area contributed by atoms with Crippen LogP contribution in [0.25, 0.3) is 0 Å². The highest BCUT2D eigenvalue weighted by Crippen LogP contribution is 2.13. The van der Waals surface area contributed by atoms with E-state index in [1.807, 2.05) is 6.92 Å². The second-order valence-electron chi connectivity index (χ2n) is 3.44. The molecular weight excluding hydrogens is 221 g/mol. The van der Waals surface area contributed by atoms with E-state index in [0.29, 0.717) is 25.2 Å². The fourth-order valence-corrected chi connectivity index (χ4v) is 1.32. The molecule has 0 saturated heterocycles. The number of anilines is 1. The lowest BCUT2D eigenvalue weighted by molar-refractivity contribution is -0.120. The van der Waals surface area contributed by atoms with Crippen molar-refractivity contribution in [3.63, 3.8) is 0 Å². The zero-order valence-corrected chi connectivity index (χ0v) is 9.59. The fourth-order valence-electron chi connectivity index (χ4n) is 1.32. The number of nitriles is 1. The third-order valence-electron chi connectivity index (χ3n) is 2.14. The number of halogens is 1. The molecular formula is C12H14FN3O. The highest BCUT2D eigenvalue weighted by molar-refractivity contribution is 5.76. The standard InChI is InChI=1S/C12H14FN3O/c1-2-15-12(17)5-6-16-10-4-3-9(8-14)11(13)7-10/h3-4,7,16H,2,5-6H2,1H3,(H,15,17). The third-order valence-corrected chi connectivity index (χ3v) is 2.14. The molecule has 17 heavy (non-hydrogen) atoms. The summed E-state index contributed by atoms with van der Waals surface area (Å²) in [6, 6.07) is 6.01. The van der Waals surface area contributed by atoms with Crippen LogP contribution in [0.4, 0.5) is 10.1 Å². The molecule has 0 aromatic heterocycles. The van der Waals surface area contributed by atoms with Crippen molar-refractivity contribution < 1.29 is 9.18 Å². The van der Waals surface area contributed by atoms with E-state index in [1.54, 1.807) is 12.1 Å². The van der Waals surface area contributed by atoms with Crippen molar-refractivity contribution in [2.45, 2.75) is 13.3 Å². The minimum atomic E-state index is -0.560. The summed E-state index contributed by atoms with van der Waals surface area (Å²) >= 11 is 0. The summed E-state index contributed by atoms with van der Waals surface area (Å²) in [5, 5.41) is 14.1. The Bertz CT molecular complexity index is 440. The van der Waals surface area contributed by atoms with Gasteiger partial charge in [0, 0.05) is 25.2 Å². The average Bonchev–Trinajstić information content (AvgIpc) is 2.29. The van der Waals surface area contributed by atoms with Crippen LogP contribution in [0.1, 0.15) is 18.9 Å². The summed E-state index contributed by atoms with van der Waals surface area (Å²) in [5.41, 5.74) is 0.574. The largest absolute Gasteiger partial charge is 0.384 e. The van der Waals surface area contributed by atoms with E-state index < -0.39 is 5.82 Å². The summed E-state index contributed by atoms with van der Waals surface area (Å²) in [4.78, 5) is 11.1. The third kappa shape index (κ3) is 4.11. The molecule has 0 aliphatic rings. The van der Waals surface area contributed by atoms with Crippen molar-refractivity contribution in [1.29, 1.82) is 5.26 Å². The van der Waals surface area contributed by atoms with Crippen molar-refractivity contribution in [3.05, 3.63) is 29.6 Å². The lowest BCUT2D eigenvalue weighted by Gasteiger charge is -2.06. The van der Waals surface area contributed by atoms with Crippen LogP contribution in [0.15, 0.2) is 18.2 Å². The number of benzene rings is 1. The van der Waals surface area contributed by atoms with Gasteiger partial charge in [0.2, 0.25) is 5.91 Å². The van der Waals surface area contributed by atoms with E-state index in [2.05, 4.69) is 10.6 Å². The number of nitrogens with one attached hydrogen (secondary N) is 2. The van der Waals surface area contributed by atoms with Crippen LogP contribution in [0.3, 0.4) is 0 Å². The first-order valence-electron chi connectivity index (χ1n) is 5.37. The normalized spacial score (nSPS) is 9.47. The molecule has 0 heterocycles. The SMILES string of the molecule is CCNC(=O)CCNc1ccc(C#N)c(F)c1. The molecule has 0 atom stereocenters. The summed E-state index contributed by atoms with van der Waals surface area (Å²) in [5.74, 6) is -0.607.